The molecule has 0 unspecified atom stereocenters. The number of halogens is 1. The van der Waals surface area contributed by atoms with Gasteiger partial charge in [0.25, 0.3) is 5.91 Å². The van der Waals surface area contributed by atoms with E-state index in [4.69, 9.17) is 4.74 Å². The van der Waals surface area contributed by atoms with E-state index in [1.807, 2.05) is 30.3 Å². The zero-order chi connectivity index (χ0) is 24.8. The molecular weight excluding hydrogens is 508 g/mol. The summed E-state index contributed by atoms with van der Waals surface area (Å²) in [5.41, 5.74) is 1.55. The fraction of sp³-hybridized carbons (Fsp3) is 0.0357. The number of para-hydroxylation sites is 1. The lowest BCUT2D eigenvalue weighted by atomic mass is 10.1. The Hall–Kier alpha value is -4.41. The lowest BCUT2D eigenvalue weighted by Gasteiger charge is -2.11. The number of hydrogen-bond acceptors (Lipinski definition) is 4. The van der Waals surface area contributed by atoms with Crippen LogP contribution in [0.25, 0.3) is 16.8 Å². The molecule has 7 heteroatoms. The topological polar surface area (TPSA) is 99.4 Å². The van der Waals surface area contributed by atoms with Crippen LogP contribution in [0.1, 0.15) is 21.5 Å². The van der Waals surface area contributed by atoms with Crippen LogP contribution in [0.3, 0.4) is 0 Å². The number of rotatable bonds is 7. The molecule has 0 bridgehead atoms. The van der Waals surface area contributed by atoms with Crippen molar-refractivity contribution in [2.45, 2.75) is 6.61 Å². The molecule has 0 spiro atoms. The van der Waals surface area contributed by atoms with Gasteiger partial charge in [-0.15, -0.1) is 0 Å². The Morgan fingerprint density at radius 1 is 1.00 bits per heavy atom. The van der Waals surface area contributed by atoms with Gasteiger partial charge in [-0.25, -0.2) is 4.79 Å². The predicted octanol–water partition coefficient (Wildman–Crippen LogP) is 6.43. The Kier molecular flexibility index (Phi) is 7.24. The van der Waals surface area contributed by atoms with Gasteiger partial charge in [0.1, 0.15) is 24.0 Å². The number of anilines is 1. The number of carboxylic acid groups (broad SMARTS) is 1. The Morgan fingerprint density at radius 3 is 2.51 bits per heavy atom. The monoisotopic (exact) mass is 526 g/mol. The van der Waals surface area contributed by atoms with E-state index in [2.05, 4.69) is 39.4 Å². The van der Waals surface area contributed by atoms with Gasteiger partial charge in [0, 0.05) is 0 Å². The molecule has 0 fully saturated rings. The molecule has 0 heterocycles. The second-order valence-electron chi connectivity index (χ2n) is 7.59. The van der Waals surface area contributed by atoms with Crippen LogP contribution < -0.4 is 10.1 Å². The van der Waals surface area contributed by atoms with Crippen molar-refractivity contribution in [2.75, 3.05) is 5.32 Å². The molecular formula is C28H19BrN2O4. The van der Waals surface area contributed by atoms with Crippen LogP contribution in [0.4, 0.5) is 5.69 Å². The highest BCUT2D eigenvalue weighted by Gasteiger charge is 2.15. The number of carbonyl (C=O) groups excluding carboxylic acids is 1. The molecule has 1 amide bonds. The average molecular weight is 527 g/mol. The van der Waals surface area contributed by atoms with Gasteiger partial charge in [0.15, 0.2) is 0 Å². The van der Waals surface area contributed by atoms with Crippen LogP contribution in [-0.2, 0) is 11.4 Å². The highest BCUT2D eigenvalue weighted by atomic mass is 79.9. The third kappa shape index (κ3) is 5.57. The molecule has 6 nitrogen and oxygen atoms in total. The third-order valence-corrected chi connectivity index (χ3v) is 5.92. The number of nitriles is 1. The normalized spacial score (nSPS) is 11.0. The fourth-order valence-corrected chi connectivity index (χ4v) is 4.09. The third-order valence-electron chi connectivity index (χ3n) is 5.30. The summed E-state index contributed by atoms with van der Waals surface area (Å²) in [6, 6.07) is 27.3. The van der Waals surface area contributed by atoms with Crippen molar-refractivity contribution in [3.8, 4) is 11.8 Å². The van der Waals surface area contributed by atoms with Gasteiger partial charge in [-0.1, -0.05) is 60.7 Å². The van der Waals surface area contributed by atoms with E-state index >= 15 is 0 Å². The first-order valence-electron chi connectivity index (χ1n) is 10.6. The number of ether oxygens (including phenoxy) is 1. The van der Waals surface area contributed by atoms with Crippen LogP contribution in [0, 0.1) is 11.3 Å². The van der Waals surface area contributed by atoms with Crippen molar-refractivity contribution in [1.82, 2.24) is 0 Å². The van der Waals surface area contributed by atoms with Gasteiger partial charge in [-0.3, -0.25) is 4.79 Å². The number of fused-ring (bicyclic) bond motifs is 1. The summed E-state index contributed by atoms with van der Waals surface area (Å²) in [5, 5.41) is 23.6. The summed E-state index contributed by atoms with van der Waals surface area (Å²) in [4.78, 5) is 24.0. The zero-order valence-corrected chi connectivity index (χ0v) is 20.0. The molecule has 4 aromatic rings. The maximum atomic E-state index is 12.6. The second kappa shape index (κ2) is 10.7. The minimum absolute atomic E-state index is 0.0615. The molecule has 2 N–H and O–H groups in total. The standard InChI is InChI=1S/C28H19BrN2O4/c29-24-15-18(14-21(16-30)27(32)31-25-11-4-3-10-23(25)28(33)34)12-13-26(24)35-17-20-8-5-7-19-6-1-2-9-22(19)20/h1-15H,17H2,(H,31,32)(H,33,34). The fourth-order valence-electron chi connectivity index (χ4n) is 3.58. The molecule has 172 valence electrons. The molecule has 4 rings (SSSR count). The SMILES string of the molecule is N#CC(=Cc1ccc(OCc2cccc3ccccc23)c(Br)c1)C(=O)Nc1ccccc1C(=O)O. The van der Waals surface area contributed by atoms with Crippen molar-refractivity contribution in [1.29, 1.82) is 5.26 Å². The number of nitrogens with zero attached hydrogens (tertiary/aromatic N) is 1. The van der Waals surface area contributed by atoms with E-state index < -0.39 is 11.9 Å². The summed E-state index contributed by atoms with van der Waals surface area (Å²) < 4.78 is 6.68. The molecule has 0 atom stereocenters. The van der Waals surface area contributed by atoms with Crippen molar-refractivity contribution in [3.05, 3.63) is 112 Å². The number of carboxylic acids is 1. The molecule has 0 aliphatic rings. The van der Waals surface area contributed by atoms with Crippen LogP contribution in [-0.4, -0.2) is 17.0 Å². The number of carbonyl (C=O) groups is 2. The molecule has 0 saturated heterocycles. The molecule has 0 saturated carbocycles. The highest BCUT2D eigenvalue weighted by Crippen LogP contribution is 2.29. The quantitative estimate of drug-likeness (QED) is 0.213. The lowest BCUT2D eigenvalue weighted by molar-refractivity contribution is -0.112. The van der Waals surface area contributed by atoms with E-state index in [0.29, 0.717) is 22.4 Å². The first-order valence-corrected chi connectivity index (χ1v) is 11.4. The summed E-state index contributed by atoms with van der Waals surface area (Å²) in [7, 11) is 0. The maximum Gasteiger partial charge on any atom is 0.337 e. The van der Waals surface area contributed by atoms with E-state index in [1.54, 1.807) is 30.3 Å². The largest absolute Gasteiger partial charge is 0.488 e. The van der Waals surface area contributed by atoms with E-state index in [-0.39, 0.29) is 16.8 Å². The minimum Gasteiger partial charge on any atom is -0.488 e. The summed E-state index contributed by atoms with van der Waals surface area (Å²) >= 11 is 3.50. The van der Waals surface area contributed by atoms with Crippen LogP contribution in [0.5, 0.6) is 5.75 Å². The molecule has 0 radical (unpaired) electrons. The summed E-state index contributed by atoms with van der Waals surface area (Å²) in [6.07, 6.45) is 1.43. The van der Waals surface area contributed by atoms with Crippen molar-refractivity contribution in [2.24, 2.45) is 0 Å². The number of aromatic carboxylic acids is 1. The van der Waals surface area contributed by atoms with E-state index in [0.717, 1.165) is 16.3 Å². The molecule has 0 aliphatic carbocycles. The molecule has 4 aromatic carbocycles. The van der Waals surface area contributed by atoms with Gasteiger partial charge in [-0.05, 0) is 68.2 Å². The summed E-state index contributed by atoms with van der Waals surface area (Å²) in [5.74, 6) is -1.26. The average Bonchev–Trinajstić information content (AvgIpc) is 2.87. The first kappa shape index (κ1) is 23.7. The Morgan fingerprint density at radius 2 is 1.74 bits per heavy atom. The van der Waals surface area contributed by atoms with E-state index in [9.17, 15) is 20.0 Å². The number of hydrogen-bond donors (Lipinski definition) is 2. The zero-order valence-electron chi connectivity index (χ0n) is 18.4. The first-order chi connectivity index (χ1) is 17.0. The predicted molar refractivity (Wildman–Crippen MR) is 138 cm³/mol. The number of amides is 1. The highest BCUT2D eigenvalue weighted by molar-refractivity contribution is 9.10. The Labute approximate surface area is 210 Å². The smallest absolute Gasteiger partial charge is 0.337 e. The Balaban J connectivity index is 1.50. The molecule has 0 aliphatic heterocycles. The Bertz CT molecular complexity index is 1500. The van der Waals surface area contributed by atoms with Gasteiger partial charge < -0.3 is 15.2 Å². The lowest BCUT2D eigenvalue weighted by Crippen LogP contribution is -2.16. The molecule has 35 heavy (non-hydrogen) atoms. The van der Waals surface area contributed by atoms with Gasteiger partial charge in [-0.2, -0.15) is 5.26 Å². The van der Waals surface area contributed by atoms with Crippen LogP contribution in [0.15, 0.2) is 95.0 Å². The summed E-state index contributed by atoms with van der Waals surface area (Å²) in [6.45, 7) is 0.379. The second-order valence-corrected chi connectivity index (χ2v) is 8.45. The van der Waals surface area contributed by atoms with Gasteiger partial charge in [0.05, 0.1) is 15.7 Å². The number of nitrogens with one attached hydrogen (secondary N) is 1. The molecule has 0 aromatic heterocycles. The van der Waals surface area contributed by atoms with Crippen molar-refractivity contribution in [3.63, 3.8) is 0 Å². The van der Waals surface area contributed by atoms with Crippen molar-refractivity contribution >= 4 is 50.3 Å². The van der Waals surface area contributed by atoms with Gasteiger partial charge in [0.2, 0.25) is 0 Å². The van der Waals surface area contributed by atoms with E-state index in [1.165, 1.54) is 18.2 Å². The van der Waals surface area contributed by atoms with Gasteiger partial charge >= 0.3 is 5.97 Å². The van der Waals surface area contributed by atoms with Crippen LogP contribution >= 0.6 is 15.9 Å². The number of benzene rings is 4. The van der Waals surface area contributed by atoms with Crippen LogP contribution in [0.2, 0.25) is 0 Å². The maximum absolute atomic E-state index is 12.6. The minimum atomic E-state index is -1.17. The van der Waals surface area contributed by atoms with Crippen molar-refractivity contribution < 1.29 is 19.4 Å².